The lowest BCUT2D eigenvalue weighted by atomic mass is 9.78. The van der Waals surface area contributed by atoms with Crippen molar-refractivity contribution >= 4 is 34.5 Å². The number of hydrogen-bond donors (Lipinski definition) is 0. The van der Waals surface area contributed by atoms with Gasteiger partial charge in [0.1, 0.15) is 17.5 Å². The number of allylic oxidation sites excluding steroid dienone is 2. The zero-order chi connectivity index (χ0) is 26.6. The number of rotatable bonds is 9. The lowest BCUT2D eigenvalue weighted by Gasteiger charge is -2.38. The lowest BCUT2D eigenvalue weighted by molar-refractivity contribution is -0.123. The van der Waals surface area contributed by atoms with Gasteiger partial charge in [-0.05, 0) is 74.8 Å². The highest BCUT2D eigenvalue weighted by Crippen LogP contribution is 2.44. The van der Waals surface area contributed by atoms with Gasteiger partial charge in [-0.1, -0.05) is 40.2 Å². The van der Waals surface area contributed by atoms with E-state index in [4.69, 9.17) is 4.74 Å². The summed E-state index contributed by atoms with van der Waals surface area (Å²) in [7, 11) is 1.43. The van der Waals surface area contributed by atoms with Crippen molar-refractivity contribution in [1.82, 2.24) is 14.8 Å². The van der Waals surface area contributed by atoms with E-state index in [2.05, 4.69) is 49.9 Å². The fraction of sp³-hybridized carbons (Fsp3) is 0.655. The van der Waals surface area contributed by atoms with Crippen LogP contribution in [0.15, 0.2) is 24.8 Å². The highest BCUT2D eigenvalue weighted by Gasteiger charge is 2.37. The van der Waals surface area contributed by atoms with Crippen LogP contribution in [0.1, 0.15) is 112 Å². The monoisotopic (exact) mass is 526 g/mol. The molecule has 37 heavy (non-hydrogen) atoms. The van der Waals surface area contributed by atoms with E-state index >= 15 is 0 Å². The molecule has 2 aromatic heterocycles. The fourth-order valence-corrected chi connectivity index (χ4v) is 6.92. The maximum Gasteiger partial charge on any atom is 0.350 e. The van der Waals surface area contributed by atoms with Gasteiger partial charge in [-0.2, -0.15) is 5.10 Å². The zero-order valence-corrected chi connectivity index (χ0v) is 23.9. The Balaban J connectivity index is 1.70. The van der Waals surface area contributed by atoms with Gasteiger partial charge < -0.3 is 9.64 Å². The van der Waals surface area contributed by atoms with Gasteiger partial charge in [0.05, 0.1) is 18.8 Å². The molecule has 2 aliphatic rings. The van der Waals surface area contributed by atoms with Crippen LogP contribution in [0.2, 0.25) is 0 Å². The van der Waals surface area contributed by atoms with E-state index in [0.29, 0.717) is 16.3 Å². The molecule has 0 saturated heterocycles. The van der Waals surface area contributed by atoms with E-state index in [1.807, 2.05) is 9.58 Å². The Kier molecular flexibility index (Phi) is 8.88. The number of hydrogen-bond acceptors (Lipinski definition) is 6. The predicted molar refractivity (Wildman–Crippen MR) is 149 cm³/mol. The molecule has 0 spiro atoms. The average molecular weight is 527 g/mol. The quantitative estimate of drug-likeness (QED) is 0.327. The number of methoxy groups -OCH3 is 1. The molecule has 2 aliphatic carbocycles. The second-order valence-corrected chi connectivity index (χ2v) is 12.4. The van der Waals surface area contributed by atoms with Crippen LogP contribution in [0.25, 0.3) is 5.57 Å². The van der Waals surface area contributed by atoms with Gasteiger partial charge >= 0.3 is 5.97 Å². The van der Waals surface area contributed by atoms with E-state index in [-0.39, 0.29) is 23.8 Å². The van der Waals surface area contributed by atoms with Crippen molar-refractivity contribution < 1.29 is 14.3 Å². The standard InChI is InChI=1S/C29H42N4O3S/c1-6-8-20(7-2)27(34)33(23-11-9-22(10-12-23)32-19-30-18-31-32)24-17-25(37-26(24)28(35)36-5)21-13-15-29(3,4)16-14-21/h13,17-20,22-23H,6-12,14-16H2,1-5H3. The summed E-state index contributed by atoms with van der Waals surface area (Å²) in [5, 5.41) is 4.34. The van der Waals surface area contributed by atoms with Crippen molar-refractivity contribution in [3.05, 3.63) is 34.6 Å². The van der Waals surface area contributed by atoms with Crippen molar-refractivity contribution in [1.29, 1.82) is 0 Å². The number of thiophene rings is 1. The van der Waals surface area contributed by atoms with E-state index < -0.39 is 0 Å². The third-order valence-electron chi connectivity index (χ3n) is 8.19. The third kappa shape index (κ3) is 6.16. The Morgan fingerprint density at radius 2 is 2.00 bits per heavy atom. The minimum Gasteiger partial charge on any atom is -0.465 e. The first kappa shape index (κ1) is 27.6. The summed E-state index contributed by atoms with van der Waals surface area (Å²) in [4.78, 5) is 34.9. The Labute approximate surface area is 225 Å². The van der Waals surface area contributed by atoms with E-state index in [1.165, 1.54) is 24.0 Å². The first-order chi connectivity index (χ1) is 17.8. The van der Waals surface area contributed by atoms with Crippen molar-refractivity contribution in [2.75, 3.05) is 12.0 Å². The topological polar surface area (TPSA) is 77.3 Å². The number of ether oxygens (including phenoxy) is 1. The second kappa shape index (κ2) is 11.9. The molecule has 1 saturated carbocycles. The molecule has 4 rings (SSSR count). The maximum absolute atomic E-state index is 14.1. The number of amides is 1. The molecule has 1 unspecified atom stereocenters. The van der Waals surface area contributed by atoms with Crippen LogP contribution in [-0.4, -0.2) is 39.8 Å². The molecule has 7 nitrogen and oxygen atoms in total. The molecule has 2 heterocycles. The van der Waals surface area contributed by atoms with Crippen LogP contribution in [0.3, 0.4) is 0 Å². The van der Waals surface area contributed by atoms with Gasteiger partial charge in [-0.15, -0.1) is 11.3 Å². The minimum atomic E-state index is -0.361. The summed E-state index contributed by atoms with van der Waals surface area (Å²) >= 11 is 1.48. The molecule has 1 amide bonds. The molecule has 0 bridgehead atoms. The number of aromatic nitrogens is 3. The van der Waals surface area contributed by atoms with Crippen molar-refractivity contribution in [2.45, 2.75) is 104 Å². The molecule has 0 N–H and O–H groups in total. The predicted octanol–water partition coefficient (Wildman–Crippen LogP) is 7.06. The van der Waals surface area contributed by atoms with Crippen molar-refractivity contribution in [2.24, 2.45) is 11.3 Å². The summed E-state index contributed by atoms with van der Waals surface area (Å²) < 4.78 is 7.16. The van der Waals surface area contributed by atoms with Gasteiger partial charge in [0.25, 0.3) is 0 Å². The molecule has 8 heteroatoms. The largest absolute Gasteiger partial charge is 0.465 e. The highest BCUT2D eigenvalue weighted by atomic mass is 32.1. The van der Waals surface area contributed by atoms with E-state index in [1.54, 1.807) is 12.7 Å². The Hall–Kier alpha value is -2.48. The van der Waals surface area contributed by atoms with Crippen LogP contribution >= 0.6 is 11.3 Å². The zero-order valence-electron chi connectivity index (χ0n) is 23.0. The Bertz CT molecular complexity index is 1100. The number of esters is 1. The number of anilines is 1. The number of carbonyl (C=O) groups is 2. The van der Waals surface area contributed by atoms with Crippen LogP contribution in [-0.2, 0) is 9.53 Å². The molecule has 0 aromatic carbocycles. The first-order valence-corrected chi connectivity index (χ1v) is 14.7. The third-order valence-corrected chi connectivity index (χ3v) is 9.37. The minimum absolute atomic E-state index is 0.0447. The van der Waals surface area contributed by atoms with Gasteiger partial charge in [-0.3, -0.25) is 4.79 Å². The normalized spacial score (nSPS) is 22.2. The van der Waals surface area contributed by atoms with Gasteiger partial charge in [0, 0.05) is 16.8 Å². The molecule has 1 atom stereocenters. The average Bonchev–Trinajstić information content (AvgIpc) is 3.58. The molecule has 0 aliphatic heterocycles. The second-order valence-electron chi connectivity index (χ2n) is 11.4. The summed E-state index contributed by atoms with van der Waals surface area (Å²) in [5.41, 5.74) is 2.32. The molecule has 1 fully saturated rings. The van der Waals surface area contributed by atoms with Crippen LogP contribution in [0, 0.1) is 11.3 Å². The summed E-state index contributed by atoms with van der Waals surface area (Å²) in [6, 6.07) is 2.44. The van der Waals surface area contributed by atoms with E-state index in [9.17, 15) is 9.59 Å². The van der Waals surface area contributed by atoms with Gasteiger partial charge in [0.15, 0.2) is 0 Å². The molecule has 0 radical (unpaired) electrons. The van der Waals surface area contributed by atoms with Crippen LogP contribution in [0.4, 0.5) is 5.69 Å². The molecule has 2 aromatic rings. The Morgan fingerprint density at radius 1 is 1.24 bits per heavy atom. The summed E-state index contributed by atoms with van der Waals surface area (Å²) in [6.45, 7) is 8.82. The summed E-state index contributed by atoms with van der Waals surface area (Å²) in [6.07, 6.45) is 15.0. The maximum atomic E-state index is 14.1. The number of nitrogens with zero attached hydrogens (tertiary/aromatic N) is 4. The van der Waals surface area contributed by atoms with Gasteiger partial charge in [-0.25, -0.2) is 14.5 Å². The molecular weight excluding hydrogens is 484 g/mol. The van der Waals surface area contributed by atoms with Crippen molar-refractivity contribution in [3.63, 3.8) is 0 Å². The Morgan fingerprint density at radius 3 is 2.57 bits per heavy atom. The van der Waals surface area contributed by atoms with Crippen molar-refractivity contribution in [3.8, 4) is 0 Å². The van der Waals surface area contributed by atoms with Crippen LogP contribution < -0.4 is 4.90 Å². The fourth-order valence-electron chi connectivity index (χ4n) is 5.79. The molecular formula is C29H42N4O3S. The van der Waals surface area contributed by atoms with E-state index in [0.717, 1.165) is 74.8 Å². The van der Waals surface area contributed by atoms with Crippen LogP contribution in [0.5, 0.6) is 0 Å². The SMILES string of the molecule is CCCC(CC)C(=O)N(c1cc(C2=CCC(C)(C)CC2)sc1C(=O)OC)C1CCC(n2cncn2)CC1. The lowest BCUT2D eigenvalue weighted by Crippen LogP contribution is -2.46. The highest BCUT2D eigenvalue weighted by molar-refractivity contribution is 7.15. The summed E-state index contributed by atoms with van der Waals surface area (Å²) in [5.74, 6) is -0.274. The number of carbonyl (C=O) groups excluding carboxylic acids is 2. The smallest absolute Gasteiger partial charge is 0.350 e. The first-order valence-electron chi connectivity index (χ1n) is 13.9. The van der Waals surface area contributed by atoms with Gasteiger partial charge in [0.2, 0.25) is 5.91 Å². The molecule has 202 valence electrons.